The molecule has 0 heterocycles. The summed E-state index contributed by atoms with van der Waals surface area (Å²) in [4.78, 5) is 25.4. The Kier molecular flexibility index (Phi) is 13.5. The van der Waals surface area contributed by atoms with Crippen LogP contribution in [0.2, 0.25) is 0 Å². The predicted octanol–water partition coefficient (Wildman–Crippen LogP) is 6.97. The van der Waals surface area contributed by atoms with Gasteiger partial charge in [0.05, 0.1) is 24.3 Å². The van der Waals surface area contributed by atoms with Crippen LogP contribution in [0.4, 0.5) is 0 Å². The number of esters is 2. The zero-order chi connectivity index (χ0) is 20.2. The van der Waals surface area contributed by atoms with E-state index in [0.29, 0.717) is 27.9 Å². The number of carbonyl (C=O) groups is 2. The van der Waals surface area contributed by atoms with E-state index in [-0.39, 0.29) is 0 Å². The summed E-state index contributed by atoms with van der Waals surface area (Å²) in [5.74, 6) is -0.881. The van der Waals surface area contributed by atoms with Crippen molar-refractivity contribution < 1.29 is 19.1 Å². The van der Waals surface area contributed by atoms with Crippen molar-refractivity contribution in [1.29, 1.82) is 0 Å². The molecule has 1 aromatic rings. The summed E-state index contributed by atoms with van der Waals surface area (Å²) in [5.41, 5.74) is 0.662. The first-order chi connectivity index (χ1) is 12.9. The number of hydrogen-bond acceptors (Lipinski definition) is 4. The lowest BCUT2D eigenvalue weighted by Crippen LogP contribution is -2.19. The molecule has 0 unspecified atom stereocenters. The molecule has 7 heteroatoms. The Hall–Kier alpha value is 0.350. The Labute approximate surface area is 203 Å². The molecule has 0 bridgehead atoms. The van der Waals surface area contributed by atoms with Crippen molar-refractivity contribution in [2.45, 2.75) is 65.2 Å². The first kappa shape index (κ1) is 25.4. The molecule has 0 aliphatic rings. The Balaban J connectivity index is 2.88. The van der Waals surface area contributed by atoms with Gasteiger partial charge in [-0.25, -0.2) is 9.59 Å². The Bertz CT molecular complexity index is 632. The van der Waals surface area contributed by atoms with Gasteiger partial charge in [-0.3, -0.25) is 0 Å². The van der Waals surface area contributed by atoms with Crippen LogP contribution in [0.3, 0.4) is 0 Å². The molecule has 0 atom stereocenters. The van der Waals surface area contributed by atoms with Crippen molar-refractivity contribution in [1.82, 2.24) is 0 Å². The van der Waals surface area contributed by atoms with Gasteiger partial charge in [0.25, 0.3) is 0 Å². The molecule has 0 aliphatic heterocycles. The molecule has 152 valence electrons. The van der Waals surface area contributed by atoms with E-state index in [4.69, 9.17) is 9.47 Å². The summed E-state index contributed by atoms with van der Waals surface area (Å²) in [6, 6.07) is 1.90. The first-order valence-electron chi connectivity index (χ1n) is 9.45. The SMILES string of the molecule is CCCCCCOC(=O)c1c(I)cc(I)c(I)c1C(=O)OCCCCCC. The molecule has 27 heavy (non-hydrogen) atoms. The number of unbranched alkanes of at least 4 members (excludes halogenated alkanes) is 6. The van der Waals surface area contributed by atoms with Crippen molar-refractivity contribution in [2.75, 3.05) is 13.2 Å². The average Bonchev–Trinajstić information content (AvgIpc) is 2.63. The standard InChI is InChI=1S/C20H27I3O4/c1-3-5-7-9-11-26-19(24)16-14(21)13-15(22)18(23)17(16)20(25)27-12-10-8-6-4-2/h13H,3-12H2,1-2H3. The van der Waals surface area contributed by atoms with E-state index in [9.17, 15) is 9.59 Å². The van der Waals surface area contributed by atoms with E-state index in [1.165, 1.54) is 0 Å². The van der Waals surface area contributed by atoms with Crippen LogP contribution >= 0.6 is 67.8 Å². The van der Waals surface area contributed by atoms with Crippen molar-refractivity contribution >= 4 is 79.7 Å². The van der Waals surface area contributed by atoms with E-state index >= 15 is 0 Å². The second-order valence-corrected chi connectivity index (χ2v) is 9.70. The van der Waals surface area contributed by atoms with Gasteiger partial charge in [-0.15, -0.1) is 0 Å². The van der Waals surface area contributed by atoms with Gasteiger partial charge in [-0.05, 0) is 86.7 Å². The normalized spacial score (nSPS) is 10.7. The fraction of sp³-hybridized carbons (Fsp3) is 0.600. The molecule has 0 spiro atoms. The third-order valence-electron chi connectivity index (χ3n) is 4.04. The topological polar surface area (TPSA) is 52.6 Å². The quantitative estimate of drug-likeness (QED) is 0.102. The van der Waals surface area contributed by atoms with Crippen LogP contribution in [-0.4, -0.2) is 25.2 Å². The highest BCUT2D eigenvalue weighted by molar-refractivity contribution is 14.1. The number of carbonyl (C=O) groups excluding carboxylic acids is 2. The number of hydrogen-bond donors (Lipinski definition) is 0. The minimum atomic E-state index is -0.442. The monoisotopic (exact) mass is 712 g/mol. The van der Waals surface area contributed by atoms with Gasteiger partial charge in [0, 0.05) is 10.7 Å². The molecular weight excluding hydrogens is 685 g/mol. The zero-order valence-corrected chi connectivity index (χ0v) is 22.4. The third-order valence-corrected chi connectivity index (χ3v) is 7.90. The van der Waals surface area contributed by atoms with Gasteiger partial charge in [0.1, 0.15) is 0 Å². The molecule has 0 saturated heterocycles. The van der Waals surface area contributed by atoms with E-state index < -0.39 is 11.9 Å². The predicted molar refractivity (Wildman–Crippen MR) is 133 cm³/mol. The highest BCUT2D eigenvalue weighted by Gasteiger charge is 2.27. The molecule has 1 aromatic carbocycles. The van der Waals surface area contributed by atoms with E-state index in [1.807, 2.05) is 6.07 Å². The van der Waals surface area contributed by atoms with Gasteiger partial charge in [0.2, 0.25) is 0 Å². The van der Waals surface area contributed by atoms with Crippen LogP contribution in [0.1, 0.15) is 85.9 Å². The second kappa shape index (κ2) is 14.4. The highest BCUT2D eigenvalue weighted by Crippen LogP contribution is 2.29. The number of ether oxygens (including phenoxy) is 2. The maximum absolute atomic E-state index is 12.7. The zero-order valence-electron chi connectivity index (χ0n) is 15.9. The maximum atomic E-state index is 12.7. The van der Waals surface area contributed by atoms with Gasteiger partial charge in [0.15, 0.2) is 0 Å². The molecule has 0 amide bonds. The van der Waals surface area contributed by atoms with E-state index in [2.05, 4.69) is 81.6 Å². The number of halogens is 3. The van der Waals surface area contributed by atoms with Crippen LogP contribution in [-0.2, 0) is 9.47 Å². The molecule has 4 nitrogen and oxygen atoms in total. The molecular formula is C20H27I3O4. The molecule has 1 rings (SSSR count). The Morgan fingerprint density at radius 1 is 0.741 bits per heavy atom. The third kappa shape index (κ3) is 8.71. The van der Waals surface area contributed by atoms with E-state index in [0.717, 1.165) is 58.5 Å². The van der Waals surface area contributed by atoms with Gasteiger partial charge >= 0.3 is 11.9 Å². The number of benzene rings is 1. The lowest BCUT2D eigenvalue weighted by molar-refractivity contribution is 0.0448. The van der Waals surface area contributed by atoms with Crippen LogP contribution < -0.4 is 0 Å². The summed E-state index contributed by atoms with van der Waals surface area (Å²) in [5, 5.41) is 0. The highest BCUT2D eigenvalue weighted by atomic mass is 127. The molecule has 0 saturated carbocycles. The lowest BCUT2D eigenvalue weighted by Gasteiger charge is -2.14. The van der Waals surface area contributed by atoms with Crippen LogP contribution in [0, 0.1) is 10.7 Å². The van der Waals surface area contributed by atoms with Crippen molar-refractivity contribution in [3.63, 3.8) is 0 Å². The summed E-state index contributed by atoms with van der Waals surface area (Å²) >= 11 is 6.37. The van der Waals surface area contributed by atoms with Crippen LogP contribution in [0.25, 0.3) is 0 Å². The lowest BCUT2D eigenvalue weighted by atomic mass is 10.1. The first-order valence-corrected chi connectivity index (χ1v) is 12.7. The summed E-state index contributed by atoms with van der Waals surface area (Å²) in [7, 11) is 0. The minimum Gasteiger partial charge on any atom is -0.462 e. The molecule has 0 radical (unpaired) electrons. The van der Waals surface area contributed by atoms with Gasteiger partial charge in [-0.1, -0.05) is 52.4 Å². The second-order valence-electron chi connectivity index (χ2n) is 6.30. The van der Waals surface area contributed by atoms with Crippen LogP contribution in [0.5, 0.6) is 0 Å². The van der Waals surface area contributed by atoms with Crippen molar-refractivity contribution in [2.24, 2.45) is 0 Å². The smallest absolute Gasteiger partial charge is 0.340 e. The molecule has 0 aliphatic carbocycles. The summed E-state index contributed by atoms with van der Waals surface area (Å²) in [6.45, 7) is 5.04. The van der Waals surface area contributed by atoms with Crippen molar-refractivity contribution in [3.8, 4) is 0 Å². The molecule has 0 fully saturated rings. The van der Waals surface area contributed by atoms with Crippen molar-refractivity contribution in [3.05, 3.63) is 27.9 Å². The largest absolute Gasteiger partial charge is 0.462 e. The minimum absolute atomic E-state index is 0.328. The van der Waals surface area contributed by atoms with Gasteiger partial charge in [-0.2, -0.15) is 0 Å². The Morgan fingerprint density at radius 2 is 1.22 bits per heavy atom. The summed E-state index contributed by atoms with van der Waals surface area (Å²) < 4.78 is 13.3. The fourth-order valence-corrected chi connectivity index (χ4v) is 5.14. The fourth-order valence-electron chi connectivity index (χ4n) is 2.52. The van der Waals surface area contributed by atoms with Gasteiger partial charge < -0.3 is 9.47 Å². The molecule has 0 N–H and O–H groups in total. The average molecular weight is 712 g/mol. The maximum Gasteiger partial charge on any atom is 0.340 e. The Morgan fingerprint density at radius 3 is 1.70 bits per heavy atom. The molecule has 0 aromatic heterocycles. The van der Waals surface area contributed by atoms with E-state index in [1.54, 1.807) is 0 Å². The number of rotatable bonds is 12. The van der Waals surface area contributed by atoms with Crippen LogP contribution in [0.15, 0.2) is 6.07 Å². The summed E-state index contributed by atoms with van der Waals surface area (Å²) in [6.07, 6.45) is 8.29.